The maximum absolute atomic E-state index is 13.2. The number of nitrogens with zero attached hydrogens (tertiary/aromatic N) is 3. The van der Waals surface area contributed by atoms with Crippen molar-refractivity contribution in [3.05, 3.63) is 92.8 Å². The van der Waals surface area contributed by atoms with Gasteiger partial charge in [-0.25, -0.2) is 9.78 Å². The third kappa shape index (κ3) is 3.91. The molecule has 5 rings (SSSR count). The van der Waals surface area contributed by atoms with Gasteiger partial charge in [0.2, 0.25) is 11.3 Å². The fourth-order valence-corrected chi connectivity index (χ4v) is 5.02. The zero-order valence-corrected chi connectivity index (χ0v) is 19.9. The van der Waals surface area contributed by atoms with Gasteiger partial charge in [-0.05, 0) is 48.7 Å². The molecule has 0 radical (unpaired) electrons. The molecule has 1 unspecified atom stereocenters. The van der Waals surface area contributed by atoms with Crippen LogP contribution < -0.4 is 10.0 Å². The van der Waals surface area contributed by atoms with Crippen LogP contribution in [0.15, 0.2) is 54.9 Å². The lowest BCUT2D eigenvalue weighted by atomic mass is 9.97. The average molecular weight is 522 g/mol. The third-order valence-corrected chi connectivity index (χ3v) is 6.86. The highest BCUT2D eigenvalue weighted by atomic mass is 35.5. The number of halogens is 2. The first-order valence-electron chi connectivity index (χ1n) is 10.7. The summed E-state index contributed by atoms with van der Waals surface area (Å²) in [5.41, 5.74) is 1.61. The number of H-pyrrole nitrogens is 1. The molecular formula is C25H17Cl2N5O4. The van der Waals surface area contributed by atoms with E-state index in [1.807, 2.05) is 0 Å². The van der Waals surface area contributed by atoms with E-state index in [0.717, 1.165) is 0 Å². The summed E-state index contributed by atoms with van der Waals surface area (Å²) in [6.07, 6.45) is 2.08. The summed E-state index contributed by atoms with van der Waals surface area (Å²) in [5.74, 6) is 0.179. The van der Waals surface area contributed by atoms with Crippen LogP contribution in [0, 0.1) is 16.5 Å². The number of aliphatic hydroxyl groups is 1. The summed E-state index contributed by atoms with van der Waals surface area (Å²) in [6.45, 7) is 0. The van der Waals surface area contributed by atoms with Crippen LogP contribution in [0.3, 0.4) is 0 Å². The minimum absolute atomic E-state index is 0.0682. The van der Waals surface area contributed by atoms with Crippen LogP contribution >= 0.6 is 23.2 Å². The number of fused-ring (bicyclic) bond motifs is 1. The number of nitriles is 1. The van der Waals surface area contributed by atoms with E-state index >= 15 is 0 Å². The number of imidazole rings is 1. The standard InChI is InChI=1S/C25H17Cl2N5O4/c26-15-4-1-14(10-28)18(9-15)19-12-32(36)22-17(21(19)27)7-8-25(22,35)23-29-11-20(31-23)13-2-5-16(6-3-13)30-24(33)34/h1-6,9,11-12,30,35H,7-8H2,(H,29,31)(H,33,34). The van der Waals surface area contributed by atoms with Crippen molar-refractivity contribution in [1.82, 2.24) is 9.97 Å². The number of carbonyl (C=O) groups is 1. The molecule has 11 heteroatoms. The summed E-state index contributed by atoms with van der Waals surface area (Å²) < 4.78 is 0.570. The van der Waals surface area contributed by atoms with Gasteiger partial charge < -0.3 is 20.4 Å². The van der Waals surface area contributed by atoms with Crippen LogP contribution in [-0.4, -0.2) is 26.3 Å². The first-order chi connectivity index (χ1) is 17.2. The molecule has 4 N–H and O–H groups in total. The van der Waals surface area contributed by atoms with Gasteiger partial charge in [0.1, 0.15) is 5.82 Å². The Bertz CT molecular complexity index is 1560. The highest BCUT2D eigenvalue weighted by molar-refractivity contribution is 6.34. The Morgan fingerprint density at radius 3 is 2.67 bits per heavy atom. The largest absolute Gasteiger partial charge is 0.618 e. The Balaban J connectivity index is 1.54. The van der Waals surface area contributed by atoms with E-state index in [-0.39, 0.29) is 23.0 Å². The van der Waals surface area contributed by atoms with Crippen LogP contribution in [0.1, 0.15) is 29.1 Å². The molecule has 1 aliphatic carbocycles. The maximum atomic E-state index is 13.2. The highest BCUT2D eigenvalue weighted by Crippen LogP contribution is 2.45. The molecule has 4 aromatic rings. The molecule has 1 aliphatic rings. The minimum atomic E-state index is -1.71. The second-order valence-corrected chi connectivity index (χ2v) is 9.14. The topological polar surface area (TPSA) is 149 Å². The van der Waals surface area contributed by atoms with Gasteiger partial charge in [0.05, 0.1) is 34.1 Å². The molecule has 2 aromatic carbocycles. The molecule has 0 bridgehead atoms. The van der Waals surface area contributed by atoms with Crippen LogP contribution in [0.4, 0.5) is 10.5 Å². The van der Waals surface area contributed by atoms with Crippen LogP contribution in [0.2, 0.25) is 10.0 Å². The molecular weight excluding hydrogens is 505 g/mol. The van der Waals surface area contributed by atoms with Gasteiger partial charge in [-0.1, -0.05) is 35.3 Å². The van der Waals surface area contributed by atoms with Gasteiger partial charge in [-0.3, -0.25) is 5.32 Å². The second kappa shape index (κ2) is 8.84. The van der Waals surface area contributed by atoms with Crippen molar-refractivity contribution in [1.29, 1.82) is 5.26 Å². The number of benzene rings is 2. The number of anilines is 1. The lowest BCUT2D eigenvalue weighted by Gasteiger charge is -2.20. The molecule has 1 atom stereocenters. The van der Waals surface area contributed by atoms with E-state index in [0.29, 0.717) is 55.4 Å². The highest BCUT2D eigenvalue weighted by Gasteiger charge is 2.49. The average Bonchev–Trinajstić information content (AvgIpc) is 3.48. The van der Waals surface area contributed by atoms with Gasteiger partial charge >= 0.3 is 6.09 Å². The first kappa shape index (κ1) is 23.6. The SMILES string of the molecule is N#Cc1ccc(Cl)cc1-c1c[n+]([O-])c2c(c1Cl)CCC2(O)c1ncc(-c2ccc(NC(=O)O)cc2)[nH]1. The third-order valence-electron chi connectivity index (χ3n) is 6.19. The van der Waals surface area contributed by atoms with Crippen molar-refractivity contribution in [2.75, 3.05) is 5.32 Å². The van der Waals surface area contributed by atoms with Crippen molar-refractivity contribution in [2.45, 2.75) is 18.4 Å². The predicted octanol–water partition coefficient (Wildman–Crippen LogP) is 4.83. The molecule has 2 heterocycles. The molecule has 1 amide bonds. The zero-order chi connectivity index (χ0) is 25.6. The lowest BCUT2D eigenvalue weighted by molar-refractivity contribution is -0.620. The van der Waals surface area contributed by atoms with Crippen molar-refractivity contribution in [2.24, 2.45) is 0 Å². The Kier molecular flexibility index (Phi) is 5.80. The molecule has 0 aliphatic heterocycles. The van der Waals surface area contributed by atoms with Crippen LogP contribution in [-0.2, 0) is 12.0 Å². The Morgan fingerprint density at radius 2 is 1.97 bits per heavy atom. The summed E-state index contributed by atoms with van der Waals surface area (Å²) in [4.78, 5) is 18.2. The predicted molar refractivity (Wildman–Crippen MR) is 133 cm³/mol. The number of nitrogens with one attached hydrogen (secondary N) is 2. The first-order valence-corrected chi connectivity index (χ1v) is 11.5. The lowest BCUT2D eigenvalue weighted by Crippen LogP contribution is -2.42. The molecule has 0 saturated carbocycles. The zero-order valence-electron chi connectivity index (χ0n) is 18.4. The van der Waals surface area contributed by atoms with Crippen LogP contribution in [0.5, 0.6) is 0 Å². The number of hydrogen-bond acceptors (Lipinski definition) is 5. The van der Waals surface area contributed by atoms with E-state index in [1.165, 1.54) is 12.4 Å². The fourth-order valence-electron chi connectivity index (χ4n) is 4.51. The normalized spacial score (nSPS) is 16.4. The summed E-state index contributed by atoms with van der Waals surface area (Å²) >= 11 is 12.8. The minimum Gasteiger partial charge on any atom is -0.618 e. The van der Waals surface area contributed by atoms with Crippen molar-refractivity contribution >= 4 is 35.0 Å². The van der Waals surface area contributed by atoms with Crippen LogP contribution in [0.25, 0.3) is 22.4 Å². The molecule has 0 spiro atoms. The number of aromatic nitrogens is 3. The van der Waals surface area contributed by atoms with Gasteiger partial charge in [0.25, 0.3) is 0 Å². The van der Waals surface area contributed by atoms with Crippen molar-refractivity contribution in [3.8, 4) is 28.5 Å². The summed E-state index contributed by atoms with van der Waals surface area (Å²) in [5, 5.41) is 46.1. The molecule has 180 valence electrons. The van der Waals surface area contributed by atoms with Crippen molar-refractivity contribution in [3.63, 3.8) is 0 Å². The molecule has 36 heavy (non-hydrogen) atoms. The van der Waals surface area contributed by atoms with Gasteiger partial charge in [-0.2, -0.15) is 9.99 Å². The molecule has 0 saturated heterocycles. The Morgan fingerprint density at radius 1 is 1.22 bits per heavy atom. The molecule has 2 aromatic heterocycles. The second-order valence-electron chi connectivity index (χ2n) is 8.32. The Labute approximate surface area is 214 Å². The van der Waals surface area contributed by atoms with Crippen molar-refractivity contribution < 1.29 is 19.7 Å². The number of amides is 1. The van der Waals surface area contributed by atoms with E-state index < -0.39 is 11.7 Å². The smallest absolute Gasteiger partial charge is 0.409 e. The van der Waals surface area contributed by atoms with E-state index in [1.54, 1.807) is 42.5 Å². The number of hydrogen-bond donors (Lipinski definition) is 4. The van der Waals surface area contributed by atoms with E-state index in [9.17, 15) is 20.4 Å². The molecule has 0 fully saturated rings. The van der Waals surface area contributed by atoms with Gasteiger partial charge in [0.15, 0.2) is 6.20 Å². The Hall–Kier alpha value is -4.10. The quantitative estimate of drug-likeness (QED) is 0.223. The molecule has 9 nitrogen and oxygen atoms in total. The van der Waals surface area contributed by atoms with Gasteiger partial charge in [-0.15, -0.1) is 0 Å². The maximum Gasteiger partial charge on any atom is 0.409 e. The summed E-state index contributed by atoms with van der Waals surface area (Å²) in [7, 11) is 0. The number of pyridine rings is 1. The summed E-state index contributed by atoms with van der Waals surface area (Å²) in [6, 6.07) is 13.4. The number of aromatic amines is 1. The van der Waals surface area contributed by atoms with Gasteiger partial charge in [0, 0.05) is 21.8 Å². The number of rotatable bonds is 4. The monoisotopic (exact) mass is 521 g/mol. The van der Waals surface area contributed by atoms with E-state index in [2.05, 4.69) is 21.4 Å². The fraction of sp³-hybridized carbons (Fsp3) is 0.120. The number of carboxylic acid groups (broad SMARTS) is 1. The van der Waals surface area contributed by atoms with E-state index in [4.69, 9.17) is 28.3 Å².